The van der Waals surface area contributed by atoms with Crippen molar-refractivity contribution in [3.8, 4) is 0 Å². The summed E-state index contributed by atoms with van der Waals surface area (Å²) in [6, 6.07) is 2.66. The number of hydrogen-bond acceptors (Lipinski definition) is 4. The average Bonchev–Trinajstić information content (AvgIpc) is 2.55. The van der Waals surface area contributed by atoms with Crippen LogP contribution in [0.25, 0.3) is 0 Å². The van der Waals surface area contributed by atoms with Crippen molar-refractivity contribution >= 4 is 16.0 Å². The lowest BCUT2D eigenvalue weighted by atomic mass is 10.1. The molecule has 1 saturated heterocycles. The van der Waals surface area contributed by atoms with Crippen LogP contribution in [0, 0.1) is 13.8 Å². The summed E-state index contributed by atoms with van der Waals surface area (Å²) in [6.07, 6.45) is 3.88. The Kier molecular flexibility index (Phi) is 6.59. The van der Waals surface area contributed by atoms with E-state index in [1.54, 1.807) is 13.8 Å². The maximum Gasteiger partial charge on any atom is 0.335 e. The van der Waals surface area contributed by atoms with Gasteiger partial charge in [0.1, 0.15) is 0 Å². The molecule has 1 aliphatic rings. The van der Waals surface area contributed by atoms with Crippen LogP contribution in [-0.2, 0) is 10.0 Å². The summed E-state index contributed by atoms with van der Waals surface area (Å²) >= 11 is 0. The zero-order valence-corrected chi connectivity index (χ0v) is 16.0. The predicted molar refractivity (Wildman–Crippen MR) is 97.6 cm³/mol. The molecule has 1 aliphatic heterocycles. The summed E-state index contributed by atoms with van der Waals surface area (Å²) in [5.74, 6) is -1.12. The molecule has 1 aromatic rings. The van der Waals surface area contributed by atoms with Crippen molar-refractivity contribution in [2.24, 2.45) is 0 Å². The first-order valence-corrected chi connectivity index (χ1v) is 10.3. The summed E-state index contributed by atoms with van der Waals surface area (Å²) in [7, 11) is -3.74. The minimum atomic E-state index is -3.74. The summed E-state index contributed by atoms with van der Waals surface area (Å²) in [5, 5.41) is 9.19. The molecule has 0 aliphatic carbocycles. The van der Waals surface area contributed by atoms with E-state index in [2.05, 4.69) is 16.5 Å². The molecule has 1 aromatic carbocycles. The van der Waals surface area contributed by atoms with Crippen LogP contribution < -0.4 is 4.72 Å². The van der Waals surface area contributed by atoms with E-state index < -0.39 is 16.0 Å². The van der Waals surface area contributed by atoms with Gasteiger partial charge in [0.25, 0.3) is 0 Å². The Labute approximate surface area is 150 Å². The van der Waals surface area contributed by atoms with Crippen LogP contribution in [0.4, 0.5) is 0 Å². The van der Waals surface area contributed by atoms with E-state index in [1.807, 2.05) is 0 Å². The molecule has 0 spiro atoms. The lowest BCUT2D eigenvalue weighted by molar-refractivity contribution is 0.0696. The smallest absolute Gasteiger partial charge is 0.335 e. The molecule has 1 heterocycles. The van der Waals surface area contributed by atoms with Gasteiger partial charge in [0.05, 0.1) is 10.5 Å². The Balaban J connectivity index is 2.11. The number of hydrogen-bond donors (Lipinski definition) is 2. The van der Waals surface area contributed by atoms with Gasteiger partial charge in [-0.05, 0) is 76.0 Å². The first-order chi connectivity index (χ1) is 11.7. The number of piperidine rings is 1. The number of benzene rings is 1. The number of aromatic carboxylic acids is 1. The summed E-state index contributed by atoms with van der Waals surface area (Å²) in [5.41, 5.74) is 1.26. The number of nitrogens with one attached hydrogen (secondary N) is 1. The van der Waals surface area contributed by atoms with Gasteiger partial charge in [0.2, 0.25) is 10.0 Å². The van der Waals surface area contributed by atoms with Crippen molar-refractivity contribution in [1.82, 2.24) is 9.62 Å². The lowest BCUT2D eigenvalue weighted by Gasteiger charge is -2.32. The molecule has 0 amide bonds. The van der Waals surface area contributed by atoms with Crippen LogP contribution in [0.5, 0.6) is 0 Å². The Morgan fingerprint density at radius 3 is 2.48 bits per heavy atom. The van der Waals surface area contributed by atoms with Crippen molar-refractivity contribution in [3.05, 3.63) is 28.8 Å². The summed E-state index contributed by atoms with van der Waals surface area (Å²) < 4.78 is 28.3. The van der Waals surface area contributed by atoms with E-state index in [4.69, 9.17) is 0 Å². The standard InChI is InChI=1S/C18H28N2O4S/c1-4-5-8-20-9-6-16(7-10-20)19-25(23,24)17-12-15(18(21)22)11-13(2)14(17)3/h11-12,16,19H,4-10H2,1-3H3,(H,21,22). The summed E-state index contributed by atoms with van der Waals surface area (Å²) in [6.45, 7) is 8.45. The third-order valence-electron chi connectivity index (χ3n) is 4.89. The number of nitrogens with zero attached hydrogens (tertiary/aromatic N) is 1. The van der Waals surface area contributed by atoms with Gasteiger partial charge in [0.15, 0.2) is 0 Å². The van der Waals surface area contributed by atoms with Crippen molar-refractivity contribution in [3.63, 3.8) is 0 Å². The Hall–Kier alpha value is -1.44. The largest absolute Gasteiger partial charge is 0.478 e. The summed E-state index contributed by atoms with van der Waals surface area (Å²) in [4.78, 5) is 13.7. The molecule has 0 atom stereocenters. The van der Waals surface area contributed by atoms with Crippen LogP contribution in [-0.4, -0.2) is 50.1 Å². The number of sulfonamides is 1. The second-order valence-electron chi connectivity index (χ2n) is 6.81. The molecular formula is C18H28N2O4S. The highest BCUT2D eigenvalue weighted by Gasteiger charge is 2.26. The maximum absolute atomic E-state index is 12.8. The number of rotatable bonds is 7. The molecule has 7 heteroatoms. The molecule has 0 unspecified atom stereocenters. The minimum absolute atomic E-state index is 0.00198. The van der Waals surface area contributed by atoms with Gasteiger partial charge < -0.3 is 10.0 Å². The molecule has 0 saturated carbocycles. The van der Waals surface area contributed by atoms with Crippen molar-refractivity contribution in [2.75, 3.05) is 19.6 Å². The fourth-order valence-corrected chi connectivity index (χ4v) is 4.82. The zero-order chi connectivity index (χ0) is 18.6. The lowest BCUT2D eigenvalue weighted by Crippen LogP contribution is -2.44. The van der Waals surface area contributed by atoms with Crippen LogP contribution in [0.2, 0.25) is 0 Å². The molecule has 2 rings (SSSR count). The van der Waals surface area contributed by atoms with Gasteiger partial charge in [-0.3, -0.25) is 0 Å². The molecular weight excluding hydrogens is 340 g/mol. The Bertz CT molecular complexity index is 723. The van der Waals surface area contributed by atoms with E-state index >= 15 is 0 Å². The van der Waals surface area contributed by atoms with E-state index in [9.17, 15) is 18.3 Å². The molecule has 1 fully saturated rings. The highest BCUT2D eigenvalue weighted by atomic mass is 32.2. The number of aryl methyl sites for hydroxylation is 1. The highest BCUT2D eigenvalue weighted by molar-refractivity contribution is 7.89. The topological polar surface area (TPSA) is 86.7 Å². The molecule has 0 aromatic heterocycles. The Morgan fingerprint density at radius 1 is 1.28 bits per heavy atom. The normalized spacial score (nSPS) is 16.9. The molecule has 6 nitrogen and oxygen atoms in total. The number of unbranched alkanes of at least 4 members (excludes halogenated alkanes) is 1. The van der Waals surface area contributed by atoms with Gasteiger partial charge in [-0.2, -0.15) is 0 Å². The second-order valence-corrected chi connectivity index (χ2v) is 8.49. The molecule has 140 valence electrons. The first-order valence-electron chi connectivity index (χ1n) is 8.83. The molecule has 0 bridgehead atoms. The van der Waals surface area contributed by atoms with Crippen molar-refractivity contribution in [1.29, 1.82) is 0 Å². The monoisotopic (exact) mass is 368 g/mol. The fourth-order valence-electron chi connectivity index (χ4n) is 3.17. The van der Waals surface area contributed by atoms with Crippen LogP contribution >= 0.6 is 0 Å². The third kappa shape index (κ3) is 5.03. The molecule has 0 radical (unpaired) electrons. The van der Waals surface area contributed by atoms with Gasteiger partial charge in [-0.15, -0.1) is 0 Å². The van der Waals surface area contributed by atoms with Gasteiger partial charge >= 0.3 is 5.97 Å². The van der Waals surface area contributed by atoms with Crippen molar-refractivity contribution in [2.45, 2.75) is 57.4 Å². The fraction of sp³-hybridized carbons (Fsp3) is 0.611. The zero-order valence-electron chi connectivity index (χ0n) is 15.2. The van der Waals surface area contributed by atoms with E-state index in [0.717, 1.165) is 45.3 Å². The van der Waals surface area contributed by atoms with Crippen LogP contribution in [0.15, 0.2) is 17.0 Å². The van der Waals surface area contributed by atoms with E-state index in [1.165, 1.54) is 12.1 Å². The van der Waals surface area contributed by atoms with E-state index in [0.29, 0.717) is 11.1 Å². The first kappa shape index (κ1) is 19.9. The average molecular weight is 368 g/mol. The van der Waals surface area contributed by atoms with E-state index in [-0.39, 0.29) is 16.5 Å². The number of carboxylic acids is 1. The maximum atomic E-state index is 12.8. The second kappa shape index (κ2) is 8.29. The highest BCUT2D eigenvalue weighted by Crippen LogP contribution is 2.23. The van der Waals surface area contributed by atoms with Gasteiger partial charge in [-0.1, -0.05) is 13.3 Å². The van der Waals surface area contributed by atoms with Crippen LogP contribution in [0.1, 0.15) is 54.1 Å². The number of carboxylic acid groups (broad SMARTS) is 1. The van der Waals surface area contributed by atoms with Gasteiger partial charge in [0, 0.05) is 6.04 Å². The third-order valence-corrected chi connectivity index (χ3v) is 6.54. The quantitative estimate of drug-likeness (QED) is 0.772. The SMILES string of the molecule is CCCCN1CCC(NS(=O)(=O)c2cc(C(=O)O)cc(C)c2C)CC1. The Morgan fingerprint density at radius 2 is 1.92 bits per heavy atom. The number of carbonyl (C=O) groups is 1. The van der Waals surface area contributed by atoms with Crippen LogP contribution in [0.3, 0.4) is 0 Å². The predicted octanol–water partition coefficient (Wildman–Crippen LogP) is 2.54. The minimum Gasteiger partial charge on any atom is -0.478 e. The molecule has 2 N–H and O–H groups in total. The van der Waals surface area contributed by atoms with Gasteiger partial charge in [-0.25, -0.2) is 17.9 Å². The molecule has 25 heavy (non-hydrogen) atoms. The van der Waals surface area contributed by atoms with Crippen molar-refractivity contribution < 1.29 is 18.3 Å². The number of likely N-dealkylation sites (tertiary alicyclic amines) is 1.